The van der Waals surface area contributed by atoms with Gasteiger partial charge >= 0.3 is 0 Å². The molecule has 34 heavy (non-hydrogen) atoms. The molecule has 2 heterocycles. The van der Waals surface area contributed by atoms with Crippen LogP contribution in [0.5, 0.6) is 0 Å². The Bertz CT molecular complexity index is 1240. The van der Waals surface area contributed by atoms with Gasteiger partial charge in [0.25, 0.3) is 11.8 Å². The molecule has 0 spiro atoms. The highest BCUT2D eigenvalue weighted by Gasteiger charge is 2.27. The number of carbonyl (C=O) groups is 2. The summed E-state index contributed by atoms with van der Waals surface area (Å²) in [6.07, 6.45) is 1.81. The molecule has 4 rings (SSSR count). The smallest absolute Gasteiger partial charge is 0.256 e. The van der Waals surface area contributed by atoms with Crippen LogP contribution in [0.15, 0.2) is 48.5 Å². The Labute approximate surface area is 205 Å². The van der Waals surface area contributed by atoms with Crippen LogP contribution in [0.4, 0.5) is 5.69 Å². The highest BCUT2D eigenvalue weighted by atomic mass is 35.5. The Hall–Kier alpha value is -3.35. The second-order valence-electron chi connectivity index (χ2n) is 8.26. The van der Waals surface area contributed by atoms with Crippen molar-refractivity contribution in [2.75, 3.05) is 31.5 Å². The van der Waals surface area contributed by atoms with E-state index in [0.29, 0.717) is 28.4 Å². The first kappa shape index (κ1) is 23.8. The van der Waals surface area contributed by atoms with Crippen molar-refractivity contribution in [3.63, 3.8) is 0 Å². The standard InChI is InChI=1S/C27H29ClN4O2/c1-4-32(5-2)14-13-29-27(34)24-17(3)30-23(25(24)18-9-7-6-8-10-18)16-21-20-15-19(28)11-12-22(20)31-26(21)33/h6-12,15-16,30H,4-5,13-14H2,1-3H3,(H,29,34)(H,31,33). The van der Waals surface area contributed by atoms with E-state index in [9.17, 15) is 9.59 Å². The zero-order valence-corrected chi connectivity index (χ0v) is 20.4. The summed E-state index contributed by atoms with van der Waals surface area (Å²) in [4.78, 5) is 31.7. The quantitative estimate of drug-likeness (QED) is 0.391. The molecule has 0 saturated carbocycles. The minimum absolute atomic E-state index is 0.135. The Morgan fingerprint density at radius 3 is 2.56 bits per heavy atom. The number of nitrogens with one attached hydrogen (secondary N) is 3. The van der Waals surface area contributed by atoms with E-state index >= 15 is 0 Å². The van der Waals surface area contributed by atoms with Gasteiger partial charge in [-0.1, -0.05) is 55.8 Å². The monoisotopic (exact) mass is 476 g/mol. The van der Waals surface area contributed by atoms with Crippen molar-refractivity contribution < 1.29 is 9.59 Å². The highest BCUT2D eigenvalue weighted by molar-refractivity contribution is 6.37. The summed E-state index contributed by atoms with van der Waals surface area (Å²) in [6, 6.07) is 15.1. The number of hydrogen-bond acceptors (Lipinski definition) is 3. The van der Waals surface area contributed by atoms with Gasteiger partial charge in [0.05, 0.1) is 11.1 Å². The summed E-state index contributed by atoms with van der Waals surface area (Å²) in [6.45, 7) is 9.33. The Balaban J connectivity index is 1.75. The van der Waals surface area contributed by atoms with E-state index in [4.69, 9.17) is 11.6 Å². The minimum atomic E-state index is -0.200. The molecule has 6 nitrogen and oxygen atoms in total. The third kappa shape index (κ3) is 4.79. The molecule has 0 atom stereocenters. The van der Waals surface area contributed by atoms with Crippen LogP contribution in [-0.4, -0.2) is 47.9 Å². The van der Waals surface area contributed by atoms with Crippen molar-refractivity contribution >= 4 is 40.8 Å². The number of anilines is 1. The van der Waals surface area contributed by atoms with Crippen LogP contribution in [0.25, 0.3) is 22.8 Å². The number of hydrogen-bond donors (Lipinski definition) is 3. The fraction of sp³-hybridized carbons (Fsp3) is 0.259. The van der Waals surface area contributed by atoms with Crippen LogP contribution >= 0.6 is 11.6 Å². The number of rotatable bonds is 8. The van der Waals surface area contributed by atoms with Gasteiger partial charge in [0.1, 0.15) is 0 Å². The summed E-state index contributed by atoms with van der Waals surface area (Å²) in [5.41, 5.74) is 5.68. The topological polar surface area (TPSA) is 77.2 Å². The van der Waals surface area contributed by atoms with Crippen molar-refractivity contribution in [2.24, 2.45) is 0 Å². The van der Waals surface area contributed by atoms with Crippen molar-refractivity contribution in [1.82, 2.24) is 15.2 Å². The number of carbonyl (C=O) groups excluding carboxylic acids is 2. The van der Waals surface area contributed by atoms with Crippen LogP contribution in [-0.2, 0) is 4.79 Å². The molecule has 0 saturated heterocycles. The molecule has 0 aliphatic carbocycles. The number of halogens is 1. The highest BCUT2D eigenvalue weighted by Crippen LogP contribution is 2.38. The second-order valence-corrected chi connectivity index (χ2v) is 8.70. The normalized spacial score (nSPS) is 13.9. The minimum Gasteiger partial charge on any atom is -0.358 e. The molecular weight excluding hydrogens is 448 g/mol. The van der Waals surface area contributed by atoms with Crippen molar-refractivity contribution in [2.45, 2.75) is 20.8 Å². The molecule has 3 aromatic rings. The molecule has 0 fully saturated rings. The lowest BCUT2D eigenvalue weighted by atomic mass is 9.97. The molecule has 7 heteroatoms. The van der Waals surface area contributed by atoms with E-state index in [1.54, 1.807) is 24.3 Å². The third-order valence-corrected chi connectivity index (χ3v) is 6.40. The van der Waals surface area contributed by atoms with Crippen LogP contribution in [0, 0.1) is 6.92 Å². The molecule has 1 aliphatic rings. The molecule has 176 valence electrons. The average Bonchev–Trinajstić information content (AvgIpc) is 3.33. The van der Waals surface area contributed by atoms with Crippen LogP contribution < -0.4 is 10.6 Å². The fourth-order valence-corrected chi connectivity index (χ4v) is 4.52. The predicted molar refractivity (Wildman–Crippen MR) is 139 cm³/mol. The van der Waals surface area contributed by atoms with Crippen molar-refractivity contribution in [1.29, 1.82) is 0 Å². The van der Waals surface area contributed by atoms with Crippen LogP contribution in [0.2, 0.25) is 5.02 Å². The SMILES string of the molecule is CCN(CC)CCNC(=O)c1c(C)[nH]c(C=C2C(=O)Nc3ccc(Cl)cc32)c1-c1ccccc1. The summed E-state index contributed by atoms with van der Waals surface area (Å²) >= 11 is 6.20. The number of likely N-dealkylation sites (N-methyl/N-ethyl adjacent to an activating group) is 1. The van der Waals surface area contributed by atoms with Gasteiger partial charge in [-0.05, 0) is 49.9 Å². The molecule has 0 unspecified atom stereocenters. The zero-order chi connectivity index (χ0) is 24.2. The number of amides is 2. The molecule has 0 bridgehead atoms. The van der Waals surface area contributed by atoms with E-state index in [2.05, 4.69) is 34.4 Å². The maximum atomic E-state index is 13.3. The van der Waals surface area contributed by atoms with E-state index in [-0.39, 0.29) is 11.8 Å². The molecule has 1 aliphatic heterocycles. The number of aromatic nitrogens is 1. The zero-order valence-electron chi connectivity index (χ0n) is 19.7. The van der Waals surface area contributed by atoms with E-state index < -0.39 is 0 Å². The second kappa shape index (κ2) is 10.3. The summed E-state index contributed by atoms with van der Waals surface area (Å²) in [5, 5.41) is 6.51. The van der Waals surface area contributed by atoms with Gasteiger partial charge in [-0.15, -0.1) is 0 Å². The molecular formula is C27H29ClN4O2. The first-order valence-corrected chi connectivity index (χ1v) is 11.9. The number of aryl methyl sites for hydroxylation is 1. The summed E-state index contributed by atoms with van der Waals surface area (Å²) in [5.74, 6) is -0.336. The number of fused-ring (bicyclic) bond motifs is 1. The van der Waals surface area contributed by atoms with Gasteiger partial charge in [-0.25, -0.2) is 0 Å². The number of benzene rings is 2. The lowest BCUT2D eigenvalue weighted by Crippen LogP contribution is -2.35. The molecule has 2 aromatic carbocycles. The largest absolute Gasteiger partial charge is 0.358 e. The lowest BCUT2D eigenvalue weighted by molar-refractivity contribution is -0.110. The average molecular weight is 477 g/mol. The van der Waals surface area contributed by atoms with Crippen molar-refractivity contribution in [3.8, 4) is 11.1 Å². The first-order chi connectivity index (χ1) is 16.4. The third-order valence-electron chi connectivity index (χ3n) is 6.17. The van der Waals surface area contributed by atoms with Gasteiger partial charge in [0, 0.05) is 46.3 Å². The number of H-pyrrole nitrogens is 1. The molecule has 2 amide bonds. The Morgan fingerprint density at radius 1 is 1.12 bits per heavy atom. The number of nitrogens with zero attached hydrogens (tertiary/aromatic N) is 1. The fourth-order valence-electron chi connectivity index (χ4n) is 4.35. The van der Waals surface area contributed by atoms with Crippen LogP contribution in [0.1, 0.15) is 41.2 Å². The van der Waals surface area contributed by atoms with E-state index in [1.807, 2.05) is 37.3 Å². The van der Waals surface area contributed by atoms with Crippen LogP contribution in [0.3, 0.4) is 0 Å². The summed E-state index contributed by atoms with van der Waals surface area (Å²) in [7, 11) is 0. The number of aromatic amines is 1. The maximum Gasteiger partial charge on any atom is 0.256 e. The molecule has 1 aromatic heterocycles. The maximum absolute atomic E-state index is 13.3. The van der Waals surface area contributed by atoms with E-state index in [0.717, 1.165) is 47.7 Å². The van der Waals surface area contributed by atoms with Gasteiger partial charge in [0.15, 0.2) is 0 Å². The van der Waals surface area contributed by atoms with Gasteiger partial charge in [0.2, 0.25) is 0 Å². The van der Waals surface area contributed by atoms with Gasteiger partial charge in [-0.3, -0.25) is 9.59 Å². The van der Waals surface area contributed by atoms with Gasteiger partial charge in [-0.2, -0.15) is 0 Å². The summed E-state index contributed by atoms with van der Waals surface area (Å²) < 4.78 is 0. The Morgan fingerprint density at radius 2 is 1.85 bits per heavy atom. The first-order valence-electron chi connectivity index (χ1n) is 11.5. The van der Waals surface area contributed by atoms with E-state index in [1.165, 1.54) is 0 Å². The Kier molecular flexibility index (Phi) is 7.20. The lowest BCUT2D eigenvalue weighted by Gasteiger charge is -2.18. The molecule has 3 N–H and O–H groups in total. The predicted octanol–water partition coefficient (Wildman–Crippen LogP) is 5.21. The van der Waals surface area contributed by atoms with Gasteiger partial charge < -0.3 is 20.5 Å². The van der Waals surface area contributed by atoms with Crippen molar-refractivity contribution in [3.05, 3.63) is 76.1 Å². The molecule has 0 radical (unpaired) electrons.